The Bertz CT molecular complexity index is 356. The molecule has 0 saturated carbocycles. The molecule has 1 atom stereocenters. The van der Waals surface area contributed by atoms with Crippen LogP contribution in [0, 0.1) is 5.92 Å². The molecule has 0 heterocycles. The Kier molecular flexibility index (Phi) is 4.28. The lowest BCUT2D eigenvalue weighted by atomic mass is 9.85. The molecule has 88 valence electrons. The molecule has 1 aliphatic carbocycles. The van der Waals surface area contributed by atoms with Gasteiger partial charge < -0.3 is 4.74 Å². The third-order valence-corrected chi connectivity index (χ3v) is 2.77. The van der Waals surface area contributed by atoms with Gasteiger partial charge in [-0.1, -0.05) is 18.2 Å². The highest BCUT2D eigenvalue weighted by Gasteiger charge is 2.18. The van der Waals surface area contributed by atoms with Crippen molar-refractivity contribution in [3.63, 3.8) is 0 Å². The van der Waals surface area contributed by atoms with Gasteiger partial charge in [0, 0.05) is 0 Å². The van der Waals surface area contributed by atoms with Gasteiger partial charge in [-0.25, -0.2) is 10.2 Å². The fraction of sp³-hybridized carbons (Fsp3) is 0.500. The summed E-state index contributed by atoms with van der Waals surface area (Å²) in [6.07, 6.45) is 3.40. The van der Waals surface area contributed by atoms with Crippen LogP contribution in [0.2, 0.25) is 0 Å². The second kappa shape index (κ2) is 5.49. The Balaban J connectivity index is 2.71. The smallest absolute Gasteiger partial charge is 0.427 e. The van der Waals surface area contributed by atoms with E-state index in [1.54, 1.807) is 0 Å². The Hall–Kier alpha value is -1.58. The summed E-state index contributed by atoms with van der Waals surface area (Å²) >= 11 is 0. The first-order valence-electron chi connectivity index (χ1n) is 5.27. The van der Waals surface area contributed by atoms with Gasteiger partial charge in [0.2, 0.25) is 0 Å². The number of nitrogens with zero attached hydrogens (tertiary/aromatic N) is 1. The van der Waals surface area contributed by atoms with E-state index >= 15 is 0 Å². The number of carbonyl (C=O) groups excluding carboxylic acids is 1. The summed E-state index contributed by atoms with van der Waals surface area (Å²) in [6, 6.07) is 0. The molecule has 0 spiro atoms. The average Bonchev–Trinajstić information content (AvgIpc) is 2.27. The largest absolute Gasteiger partial charge is 0.452 e. The van der Waals surface area contributed by atoms with E-state index in [0.717, 1.165) is 29.7 Å². The zero-order valence-corrected chi connectivity index (χ0v) is 10.0. The summed E-state index contributed by atoms with van der Waals surface area (Å²) in [5.41, 5.74) is 5.49. The SMILES string of the molecule is C=C(C)C1CC=C(C)C(=NNC(=O)OC)C1. The molecule has 0 fully saturated rings. The van der Waals surface area contributed by atoms with Crippen molar-refractivity contribution in [1.82, 2.24) is 5.43 Å². The van der Waals surface area contributed by atoms with Gasteiger partial charge in [-0.2, -0.15) is 5.10 Å². The van der Waals surface area contributed by atoms with Crippen LogP contribution in [-0.2, 0) is 4.74 Å². The average molecular weight is 222 g/mol. The molecule has 4 heteroatoms. The van der Waals surface area contributed by atoms with Crippen molar-refractivity contribution in [2.45, 2.75) is 26.7 Å². The molecular weight excluding hydrogens is 204 g/mol. The van der Waals surface area contributed by atoms with Gasteiger partial charge in [0.05, 0.1) is 12.8 Å². The normalized spacial score (nSPS) is 22.6. The maximum Gasteiger partial charge on any atom is 0.427 e. The van der Waals surface area contributed by atoms with E-state index in [1.807, 2.05) is 13.8 Å². The fourth-order valence-electron chi connectivity index (χ4n) is 1.58. The van der Waals surface area contributed by atoms with Gasteiger partial charge in [0.25, 0.3) is 0 Å². The first-order valence-corrected chi connectivity index (χ1v) is 5.27. The minimum absolute atomic E-state index is 0.418. The summed E-state index contributed by atoms with van der Waals surface area (Å²) in [4.78, 5) is 10.9. The molecule has 0 radical (unpaired) electrons. The summed E-state index contributed by atoms with van der Waals surface area (Å²) < 4.78 is 4.46. The number of hydrazone groups is 1. The van der Waals surface area contributed by atoms with Crippen LogP contribution in [-0.4, -0.2) is 18.9 Å². The van der Waals surface area contributed by atoms with Gasteiger partial charge in [-0.3, -0.25) is 0 Å². The Morgan fingerprint density at radius 1 is 1.69 bits per heavy atom. The van der Waals surface area contributed by atoms with E-state index in [4.69, 9.17) is 0 Å². The standard InChI is InChI=1S/C12H18N2O2/c1-8(2)10-6-5-9(3)11(7-10)13-14-12(15)16-4/h5,10H,1,6-7H2,2-4H3,(H,14,15). The summed E-state index contributed by atoms with van der Waals surface area (Å²) in [5, 5.41) is 4.05. The summed E-state index contributed by atoms with van der Waals surface area (Å²) in [5.74, 6) is 0.418. The van der Waals surface area contributed by atoms with Crippen molar-refractivity contribution in [3.05, 3.63) is 23.8 Å². The van der Waals surface area contributed by atoms with Crippen molar-refractivity contribution >= 4 is 11.8 Å². The number of rotatable bonds is 2. The predicted molar refractivity (Wildman–Crippen MR) is 64.3 cm³/mol. The first kappa shape index (κ1) is 12.5. The second-order valence-electron chi connectivity index (χ2n) is 4.03. The number of ether oxygens (including phenoxy) is 1. The molecule has 4 nitrogen and oxygen atoms in total. The molecule has 1 rings (SSSR count). The molecule has 0 aromatic rings. The quantitative estimate of drug-likeness (QED) is 0.576. The molecule has 1 amide bonds. The van der Waals surface area contributed by atoms with Crippen molar-refractivity contribution in [3.8, 4) is 0 Å². The van der Waals surface area contributed by atoms with Crippen LogP contribution in [0.3, 0.4) is 0 Å². The molecule has 0 saturated heterocycles. The molecule has 0 bridgehead atoms. The minimum Gasteiger partial charge on any atom is -0.452 e. The third kappa shape index (κ3) is 3.22. The van der Waals surface area contributed by atoms with E-state index in [0.29, 0.717) is 5.92 Å². The topological polar surface area (TPSA) is 50.7 Å². The zero-order valence-electron chi connectivity index (χ0n) is 10.0. The number of nitrogens with one attached hydrogen (secondary N) is 1. The number of amides is 1. The Labute approximate surface area is 96.1 Å². The number of carbonyl (C=O) groups is 1. The molecular formula is C12H18N2O2. The lowest BCUT2D eigenvalue weighted by Crippen LogP contribution is -2.22. The van der Waals surface area contributed by atoms with E-state index in [2.05, 4.69) is 27.9 Å². The van der Waals surface area contributed by atoms with Crippen molar-refractivity contribution in [1.29, 1.82) is 0 Å². The molecule has 1 N–H and O–H groups in total. The monoisotopic (exact) mass is 222 g/mol. The maximum absolute atomic E-state index is 10.9. The van der Waals surface area contributed by atoms with E-state index < -0.39 is 6.09 Å². The molecule has 1 unspecified atom stereocenters. The van der Waals surface area contributed by atoms with Crippen LogP contribution in [0.4, 0.5) is 4.79 Å². The molecule has 0 aliphatic heterocycles. The zero-order chi connectivity index (χ0) is 12.1. The van der Waals surface area contributed by atoms with Crippen molar-refractivity contribution in [2.24, 2.45) is 11.0 Å². The lowest BCUT2D eigenvalue weighted by Gasteiger charge is -2.22. The van der Waals surface area contributed by atoms with E-state index in [9.17, 15) is 4.79 Å². The van der Waals surface area contributed by atoms with Crippen LogP contribution in [0.15, 0.2) is 28.9 Å². The van der Waals surface area contributed by atoms with Crippen molar-refractivity contribution in [2.75, 3.05) is 7.11 Å². The van der Waals surface area contributed by atoms with Crippen LogP contribution >= 0.6 is 0 Å². The predicted octanol–water partition coefficient (Wildman–Crippen LogP) is 2.63. The lowest BCUT2D eigenvalue weighted by molar-refractivity contribution is 0.171. The van der Waals surface area contributed by atoms with Crippen LogP contribution < -0.4 is 5.43 Å². The maximum atomic E-state index is 10.9. The molecule has 1 aliphatic rings. The van der Waals surface area contributed by atoms with Crippen LogP contribution in [0.5, 0.6) is 0 Å². The third-order valence-electron chi connectivity index (χ3n) is 2.77. The molecule has 0 aromatic heterocycles. The van der Waals surface area contributed by atoms with Gasteiger partial charge >= 0.3 is 6.09 Å². The Morgan fingerprint density at radius 2 is 2.38 bits per heavy atom. The van der Waals surface area contributed by atoms with Gasteiger partial charge in [-0.05, 0) is 38.2 Å². The van der Waals surface area contributed by atoms with Crippen LogP contribution in [0.25, 0.3) is 0 Å². The molecule has 16 heavy (non-hydrogen) atoms. The minimum atomic E-state index is -0.544. The number of methoxy groups -OCH3 is 1. The van der Waals surface area contributed by atoms with Gasteiger partial charge in [0.15, 0.2) is 0 Å². The highest BCUT2D eigenvalue weighted by molar-refractivity contribution is 6.01. The van der Waals surface area contributed by atoms with Gasteiger partial charge in [0.1, 0.15) is 0 Å². The number of hydrogen-bond donors (Lipinski definition) is 1. The summed E-state index contributed by atoms with van der Waals surface area (Å²) in [6.45, 7) is 7.96. The number of hydrogen-bond acceptors (Lipinski definition) is 3. The number of allylic oxidation sites excluding steroid dienone is 3. The first-order chi connectivity index (χ1) is 7.54. The second-order valence-corrected chi connectivity index (χ2v) is 4.03. The Morgan fingerprint density at radius 3 is 2.94 bits per heavy atom. The molecule has 0 aromatic carbocycles. The van der Waals surface area contributed by atoms with E-state index in [1.165, 1.54) is 7.11 Å². The summed E-state index contributed by atoms with van der Waals surface area (Å²) in [7, 11) is 1.32. The van der Waals surface area contributed by atoms with Crippen LogP contribution in [0.1, 0.15) is 26.7 Å². The fourth-order valence-corrected chi connectivity index (χ4v) is 1.58. The highest BCUT2D eigenvalue weighted by Crippen LogP contribution is 2.26. The highest BCUT2D eigenvalue weighted by atomic mass is 16.5. The van der Waals surface area contributed by atoms with Crippen molar-refractivity contribution < 1.29 is 9.53 Å². The van der Waals surface area contributed by atoms with E-state index in [-0.39, 0.29) is 0 Å². The van der Waals surface area contributed by atoms with Gasteiger partial charge in [-0.15, -0.1) is 0 Å².